The van der Waals surface area contributed by atoms with Crippen LogP contribution in [0.15, 0.2) is 72.3 Å². The number of benzene rings is 2. The van der Waals surface area contributed by atoms with Gasteiger partial charge in [0.1, 0.15) is 12.4 Å². The predicted molar refractivity (Wildman–Crippen MR) is 79.2 cm³/mol. The molecule has 0 aromatic heterocycles. The van der Waals surface area contributed by atoms with E-state index in [0.717, 1.165) is 23.3 Å². The lowest BCUT2D eigenvalue weighted by Crippen LogP contribution is -2.09. The summed E-state index contributed by atoms with van der Waals surface area (Å²) in [6, 6.07) is 18.5. The van der Waals surface area contributed by atoms with Crippen LogP contribution in [0.2, 0.25) is 0 Å². The first-order chi connectivity index (χ1) is 9.33. The molecule has 94 valence electrons. The molecule has 0 fully saturated rings. The Morgan fingerprint density at radius 2 is 1.74 bits per heavy atom. The third-order valence-corrected chi connectivity index (χ3v) is 3.35. The van der Waals surface area contributed by atoms with Gasteiger partial charge in [0.15, 0.2) is 0 Å². The molecular formula is C18H16O. The second-order valence-corrected chi connectivity index (χ2v) is 4.76. The van der Waals surface area contributed by atoms with Crippen molar-refractivity contribution in [3.8, 4) is 5.75 Å². The van der Waals surface area contributed by atoms with Crippen LogP contribution in [-0.2, 0) is 6.42 Å². The molecule has 0 radical (unpaired) electrons. The van der Waals surface area contributed by atoms with Crippen molar-refractivity contribution in [2.24, 2.45) is 0 Å². The first kappa shape index (κ1) is 11.8. The predicted octanol–water partition coefficient (Wildman–Crippen LogP) is 4.26. The third kappa shape index (κ3) is 2.60. The van der Waals surface area contributed by atoms with Gasteiger partial charge in [-0.15, -0.1) is 0 Å². The highest BCUT2D eigenvalue weighted by atomic mass is 16.5. The molecule has 0 saturated heterocycles. The number of ether oxygens (including phenoxy) is 1. The average Bonchev–Trinajstić information content (AvgIpc) is 2.48. The van der Waals surface area contributed by atoms with E-state index in [9.17, 15) is 0 Å². The van der Waals surface area contributed by atoms with Gasteiger partial charge in [0.2, 0.25) is 0 Å². The summed E-state index contributed by atoms with van der Waals surface area (Å²) in [6.07, 6.45) is 3.06. The molecule has 0 saturated carbocycles. The monoisotopic (exact) mass is 248 g/mol. The summed E-state index contributed by atoms with van der Waals surface area (Å²) in [5, 5.41) is 0. The minimum atomic E-state index is 0.614. The Hall–Kier alpha value is -2.28. The molecule has 0 N–H and O–H groups in total. The Kier molecular flexibility index (Phi) is 3.20. The van der Waals surface area contributed by atoms with Gasteiger partial charge in [-0.05, 0) is 35.3 Å². The van der Waals surface area contributed by atoms with E-state index in [0.29, 0.717) is 6.61 Å². The molecule has 1 nitrogen and oxygen atoms in total. The number of hydrogen-bond donors (Lipinski definition) is 0. The molecule has 1 heterocycles. The van der Waals surface area contributed by atoms with Crippen molar-refractivity contribution < 1.29 is 4.74 Å². The van der Waals surface area contributed by atoms with Gasteiger partial charge in [0.25, 0.3) is 0 Å². The van der Waals surface area contributed by atoms with Crippen molar-refractivity contribution in [1.29, 1.82) is 0 Å². The maximum Gasteiger partial charge on any atom is 0.127 e. The first-order valence-electron chi connectivity index (χ1n) is 6.47. The lowest BCUT2D eigenvalue weighted by Gasteiger charge is -2.19. The Morgan fingerprint density at radius 1 is 1.00 bits per heavy atom. The largest absolute Gasteiger partial charge is 0.488 e. The van der Waals surface area contributed by atoms with E-state index in [1.54, 1.807) is 0 Å². The molecular weight excluding hydrogens is 232 g/mol. The van der Waals surface area contributed by atoms with Crippen molar-refractivity contribution in [2.75, 3.05) is 6.61 Å². The van der Waals surface area contributed by atoms with Gasteiger partial charge < -0.3 is 4.74 Å². The summed E-state index contributed by atoms with van der Waals surface area (Å²) < 4.78 is 5.77. The molecule has 1 heteroatoms. The van der Waals surface area contributed by atoms with Crippen molar-refractivity contribution in [1.82, 2.24) is 0 Å². The quantitative estimate of drug-likeness (QED) is 0.788. The van der Waals surface area contributed by atoms with Gasteiger partial charge in [-0.3, -0.25) is 0 Å². The van der Waals surface area contributed by atoms with Crippen LogP contribution in [0, 0.1) is 0 Å². The Labute approximate surface area is 113 Å². The second kappa shape index (κ2) is 5.15. The maximum absolute atomic E-state index is 5.77. The van der Waals surface area contributed by atoms with Gasteiger partial charge in [-0.2, -0.15) is 0 Å². The summed E-state index contributed by atoms with van der Waals surface area (Å²) in [7, 11) is 0. The van der Waals surface area contributed by atoms with E-state index in [1.807, 2.05) is 24.3 Å². The number of para-hydroxylation sites is 1. The molecule has 1 aliphatic rings. The van der Waals surface area contributed by atoms with Crippen LogP contribution in [-0.4, -0.2) is 6.61 Å². The fourth-order valence-corrected chi connectivity index (χ4v) is 2.28. The van der Waals surface area contributed by atoms with Gasteiger partial charge >= 0.3 is 0 Å². The summed E-state index contributed by atoms with van der Waals surface area (Å²) in [5.41, 5.74) is 4.73. The van der Waals surface area contributed by atoms with Crippen molar-refractivity contribution in [3.05, 3.63) is 83.4 Å². The SMILES string of the molecule is C=C(Cc1ccccc1)C1=Cc2ccccc2OC1. The van der Waals surface area contributed by atoms with E-state index in [4.69, 9.17) is 4.74 Å². The van der Waals surface area contributed by atoms with Crippen LogP contribution in [0.25, 0.3) is 6.08 Å². The molecule has 0 unspecified atom stereocenters. The zero-order valence-electron chi connectivity index (χ0n) is 10.8. The number of hydrogen-bond acceptors (Lipinski definition) is 1. The van der Waals surface area contributed by atoms with Crippen LogP contribution in [0.1, 0.15) is 11.1 Å². The molecule has 0 spiro atoms. The summed E-state index contributed by atoms with van der Waals surface area (Å²) in [6.45, 7) is 4.81. The Morgan fingerprint density at radius 3 is 2.58 bits per heavy atom. The minimum Gasteiger partial charge on any atom is -0.488 e. The van der Waals surface area contributed by atoms with Gasteiger partial charge in [0.05, 0.1) is 0 Å². The summed E-state index contributed by atoms with van der Waals surface area (Å²) >= 11 is 0. The highest BCUT2D eigenvalue weighted by Gasteiger charge is 2.12. The second-order valence-electron chi connectivity index (χ2n) is 4.76. The standard InChI is InChI=1S/C18H16O/c1-14(11-15-7-3-2-4-8-15)17-12-16-9-5-6-10-18(16)19-13-17/h2-10,12H,1,11,13H2. The topological polar surface area (TPSA) is 9.23 Å². The molecule has 19 heavy (non-hydrogen) atoms. The first-order valence-corrected chi connectivity index (χ1v) is 6.47. The number of rotatable bonds is 3. The summed E-state index contributed by atoms with van der Waals surface area (Å²) in [5.74, 6) is 0.957. The zero-order valence-corrected chi connectivity index (χ0v) is 10.8. The molecule has 0 atom stereocenters. The lowest BCUT2D eigenvalue weighted by atomic mass is 9.97. The summed E-state index contributed by atoms with van der Waals surface area (Å²) in [4.78, 5) is 0. The highest BCUT2D eigenvalue weighted by molar-refractivity contribution is 5.66. The molecule has 2 aromatic rings. The minimum absolute atomic E-state index is 0.614. The third-order valence-electron chi connectivity index (χ3n) is 3.35. The average molecular weight is 248 g/mol. The Bertz CT molecular complexity index is 623. The highest BCUT2D eigenvalue weighted by Crippen LogP contribution is 2.29. The fourth-order valence-electron chi connectivity index (χ4n) is 2.28. The van der Waals surface area contributed by atoms with Gasteiger partial charge in [-0.1, -0.05) is 55.1 Å². The molecule has 3 rings (SSSR count). The molecule has 2 aromatic carbocycles. The number of fused-ring (bicyclic) bond motifs is 1. The van der Waals surface area contributed by atoms with E-state index >= 15 is 0 Å². The van der Waals surface area contributed by atoms with Crippen LogP contribution >= 0.6 is 0 Å². The Balaban J connectivity index is 1.80. The normalized spacial score (nSPS) is 13.2. The van der Waals surface area contributed by atoms with Gasteiger partial charge in [-0.25, -0.2) is 0 Å². The van der Waals surface area contributed by atoms with Crippen LogP contribution in [0.5, 0.6) is 5.75 Å². The molecule has 0 bridgehead atoms. The van der Waals surface area contributed by atoms with Gasteiger partial charge in [0, 0.05) is 5.56 Å². The molecule has 0 aliphatic carbocycles. The lowest BCUT2D eigenvalue weighted by molar-refractivity contribution is 0.349. The maximum atomic E-state index is 5.77. The molecule has 0 amide bonds. The van der Waals surface area contributed by atoms with Crippen LogP contribution in [0.3, 0.4) is 0 Å². The van der Waals surface area contributed by atoms with Crippen molar-refractivity contribution >= 4 is 6.08 Å². The van der Waals surface area contributed by atoms with Crippen molar-refractivity contribution in [3.63, 3.8) is 0 Å². The van der Waals surface area contributed by atoms with E-state index in [2.05, 4.69) is 43.0 Å². The van der Waals surface area contributed by atoms with E-state index in [-0.39, 0.29) is 0 Å². The van der Waals surface area contributed by atoms with Crippen LogP contribution in [0.4, 0.5) is 0 Å². The smallest absolute Gasteiger partial charge is 0.127 e. The van der Waals surface area contributed by atoms with Crippen LogP contribution < -0.4 is 4.74 Å². The molecule has 1 aliphatic heterocycles. The zero-order chi connectivity index (χ0) is 13.1. The van der Waals surface area contributed by atoms with Crippen molar-refractivity contribution in [2.45, 2.75) is 6.42 Å². The van der Waals surface area contributed by atoms with E-state index < -0.39 is 0 Å². The van der Waals surface area contributed by atoms with E-state index in [1.165, 1.54) is 11.1 Å². The fraction of sp³-hybridized carbons (Fsp3) is 0.111.